The van der Waals surface area contributed by atoms with Gasteiger partial charge in [-0.25, -0.2) is 0 Å². The molecule has 6 aromatic carbocycles. The maximum absolute atomic E-state index is 13.7. The zero-order valence-electron chi connectivity index (χ0n) is 47.7. The van der Waals surface area contributed by atoms with Crippen LogP contribution in [0.4, 0.5) is 0 Å². The molecule has 3 fully saturated rings. The Balaban J connectivity index is 0.000000193. The standard InChI is InChI=1S/C34H38O13.C29H31NO7/c1-40-20-12-10-19(11-13-20)34-27(18-8-6-5-7-9-18)26(30(38)42-3)29(37)33(34,39)28-23(41-2)14-21(15-24(28)47-34)45-32-31(43-4)44-17-25(46-32)22(36)16-35;1-30(2)27(32)23-24(17-9-7-6-8-10-17)29(18-11-13-19(34-3)14-12-18)28(33,26(23)31)25-21(36-5)15-20(35-4)16-22(25)37-29/h5-15,22,25-27,29,31-32,35-37,39H,16-17H2,1-4H3;6-16,23-24,26,31,33H,1-5H3/t22?,25-,26-,27-,29-,31-,32?,33+,34+;23-,24-,26-,28+,29+/m11/s1. The molecule has 14 atom stereocenters. The Morgan fingerprint density at radius 1 is 0.595 bits per heavy atom. The molecule has 0 spiro atoms. The highest BCUT2D eigenvalue weighted by Crippen LogP contribution is 2.72. The molecule has 1 amide bonds. The van der Waals surface area contributed by atoms with Crippen LogP contribution in [0.2, 0.25) is 0 Å². The number of fused-ring (bicyclic) bond motifs is 6. The number of hydrogen-bond donors (Lipinski definition) is 6. The second kappa shape index (κ2) is 23.4. The molecule has 3 heterocycles. The molecular formula is C63H69NO20. The van der Waals surface area contributed by atoms with E-state index in [1.54, 1.807) is 106 Å². The van der Waals surface area contributed by atoms with E-state index in [9.17, 15) is 40.2 Å². The van der Waals surface area contributed by atoms with Gasteiger partial charge in [0.05, 0.1) is 78.8 Å². The van der Waals surface area contributed by atoms with Crippen LogP contribution < -0.4 is 37.9 Å². The number of nitrogens with zero attached hydrogens (tertiary/aromatic N) is 1. The minimum absolute atomic E-state index is 0.0474. The topological polar surface area (TPSA) is 270 Å². The van der Waals surface area contributed by atoms with Crippen LogP contribution in [0, 0.1) is 11.8 Å². The quantitative estimate of drug-likeness (QED) is 0.0722. The number of rotatable bonds is 16. The molecule has 5 aliphatic rings. The molecule has 6 aromatic rings. The van der Waals surface area contributed by atoms with Gasteiger partial charge in [0.25, 0.3) is 6.29 Å². The van der Waals surface area contributed by atoms with Crippen LogP contribution in [-0.4, -0.2) is 161 Å². The molecule has 2 saturated carbocycles. The van der Waals surface area contributed by atoms with Crippen molar-refractivity contribution in [1.29, 1.82) is 0 Å². The third-order valence-corrected chi connectivity index (χ3v) is 16.9. The van der Waals surface area contributed by atoms with Crippen molar-refractivity contribution < 1.29 is 97.1 Å². The monoisotopic (exact) mass is 1160 g/mol. The Morgan fingerprint density at radius 2 is 1.05 bits per heavy atom. The van der Waals surface area contributed by atoms with Crippen LogP contribution in [0.3, 0.4) is 0 Å². The number of amides is 1. The lowest BCUT2D eigenvalue weighted by molar-refractivity contribution is -0.324. The van der Waals surface area contributed by atoms with E-state index >= 15 is 0 Å². The lowest BCUT2D eigenvalue weighted by atomic mass is 9.70. The zero-order valence-corrected chi connectivity index (χ0v) is 47.7. The third-order valence-electron chi connectivity index (χ3n) is 16.9. The number of aliphatic hydroxyl groups is 6. The predicted octanol–water partition coefficient (Wildman–Crippen LogP) is 4.62. The fraction of sp³-hybridized carbons (Fsp3) is 0.397. The molecule has 3 aliphatic heterocycles. The number of esters is 1. The number of carbonyl (C=O) groups is 2. The average molecular weight is 1160 g/mol. The van der Waals surface area contributed by atoms with Gasteiger partial charge >= 0.3 is 5.97 Å². The molecule has 1 saturated heterocycles. The van der Waals surface area contributed by atoms with Gasteiger partial charge in [-0.05, 0) is 46.5 Å². The van der Waals surface area contributed by atoms with Gasteiger partial charge in [-0.15, -0.1) is 0 Å². The molecule has 0 radical (unpaired) electrons. The Kier molecular flexibility index (Phi) is 16.6. The van der Waals surface area contributed by atoms with Gasteiger partial charge in [-0.3, -0.25) is 9.59 Å². The maximum atomic E-state index is 13.7. The summed E-state index contributed by atoms with van der Waals surface area (Å²) in [5.41, 5.74) is -4.92. The van der Waals surface area contributed by atoms with Crippen molar-refractivity contribution in [1.82, 2.24) is 4.90 Å². The van der Waals surface area contributed by atoms with Gasteiger partial charge < -0.3 is 92.4 Å². The molecule has 21 nitrogen and oxygen atoms in total. The highest BCUT2D eigenvalue weighted by Gasteiger charge is 2.80. The molecule has 0 bridgehead atoms. The van der Waals surface area contributed by atoms with Crippen LogP contribution in [0.15, 0.2) is 133 Å². The first-order chi connectivity index (χ1) is 40.4. The van der Waals surface area contributed by atoms with Crippen molar-refractivity contribution in [2.24, 2.45) is 11.8 Å². The van der Waals surface area contributed by atoms with Crippen molar-refractivity contribution in [2.45, 2.75) is 71.2 Å². The van der Waals surface area contributed by atoms with E-state index in [0.29, 0.717) is 39.7 Å². The van der Waals surface area contributed by atoms with Gasteiger partial charge in [0.15, 0.2) is 22.4 Å². The number of carbonyl (C=O) groups excluding carboxylic acids is 2. The summed E-state index contributed by atoms with van der Waals surface area (Å²) in [5, 5.41) is 69.5. The minimum Gasteiger partial charge on any atom is -0.497 e. The molecule has 6 N–H and O–H groups in total. The molecule has 2 unspecified atom stereocenters. The van der Waals surface area contributed by atoms with Crippen molar-refractivity contribution in [2.75, 3.05) is 77.1 Å². The van der Waals surface area contributed by atoms with Gasteiger partial charge in [0.2, 0.25) is 12.2 Å². The first kappa shape index (κ1) is 59.5. The summed E-state index contributed by atoms with van der Waals surface area (Å²) >= 11 is 0. The normalized spacial score (nSPS) is 29.9. The Bertz CT molecular complexity index is 3320. The minimum atomic E-state index is -2.25. The second-order valence-corrected chi connectivity index (χ2v) is 21.2. The first-order valence-electron chi connectivity index (χ1n) is 27.0. The molecule has 2 aliphatic carbocycles. The Labute approximate surface area is 485 Å². The maximum Gasteiger partial charge on any atom is 0.312 e. The molecule has 446 valence electrons. The summed E-state index contributed by atoms with van der Waals surface area (Å²) in [4.78, 5) is 28.6. The first-order valence-corrected chi connectivity index (χ1v) is 27.0. The molecule has 21 heteroatoms. The number of hydrogen-bond acceptors (Lipinski definition) is 20. The third kappa shape index (κ3) is 9.11. The van der Waals surface area contributed by atoms with Crippen LogP contribution in [0.1, 0.15) is 45.2 Å². The van der Waals surface area contributed by atoms with Gasteiger partial charge in [-0.2, -0.15) is 0 Å². The van der Waals surface area contributed by atoms with Crippen LogP contribution in [0.25, 0.3) is 0 Å². The van der Waals surface area contributed by atoms with Crippen LogP contribution in [-0.2, 0) is 50.9 Å². The van der Waals surface area contributed by atoms with Crippen molar-refractivity contribution in [3.05, 3.63) is 167 Å². The Hall–Kier alpha value is -7.70. The fourth-order valence-electron chi connectivity index (χ4n) is 13.2. The lowest BCUT2D eigenvalue weighted by Gasteiger charge is -2.41. The van der Waals surface area contributed by atoms with E-state index < -0.39 is 95.6 Å². The summed E-state index contributed by atoms with van der Waals surface area (Å²) in [6.45, 7) is -0.601. The number of aliphatic hydroxyl groups excluding tert-OH is 4. The number of benzene rings is 6. The smallest absolute Gasteiger partial charge is 0.312 e. The van der Waals surface area contributed by atoms with Gasteiger partial charge in [0.1, 0.15) is 70.4 Å². The number of methoxy groups -OCH3 is 7. The zero-order chi connectivity index (χ0) is 60.0. The summed E-state index contributed by atoms with van der Waals surface area (Å²) < 4.78 is 69.5. The van der Waals surface area contributed by atoms with E-state index in [2.05, 4.69) is 0 Å². The summed E-state index contributed by atoms with van der Waals surface area (Å²) in [6.07, 6.45) is -7.56. The van der Waals surface area contributed by atoms with Crippen LogP contribution >= 0.6 is 0 Å². The van der Waals surface area contributed by atoms with Crippen molar-refractivity contribution in [3.63, 3.8) is 0 Å². The van der Waals surface area contributed by atoms with Crippen molar-refractivity contribution in [3.8, 4) is 46.0 Å². The van der Waals surface area contributed by atoms with Gasteiger partial charge in [0, 0.05) is 57.3 Å². The summed E-state index contributed by atoms with van der Waals surface area (Å²) in [6, 6.07) is 38.6. The largest absolute Gasteiger partial charge is 0.497 e. The number of ether oxygens (including phenoxy) is 12. The van der Waals surface area contributed by atoms with Gasteiger partial charge in [-0.1, -0.05) is 84.9 Å². The molecule has 11 rings (SSSR count). The predicted molar refractivity (Wildman–Crippen MR) is 298 cm³/mol. The SMILES string of the molecule is COC(=O)[C@H]1[C@@H](O)[C@@]2(O)c3c(OC)cc(OC4O[C@@H](C(O)CO)CO[C@H]4OC)cc3O[C@@]2(c2ccc(OC)cc2)[C@@H]1c1ccccc1.COc1ccc([C@@]23Oc4cc(OC)cc(OC)c4[C@]2(O)[C@H](O)[C@H](C(=O)N(C)C)[C@H]3c2ccccc2)cc1. The van der Waals surface area contributed by atoms with E-state index in [-0.39, 0.29) is 46.6 Å². The molecular weight excluding hydrogens is 1090 g/mol. The van der Waals surface area contributed by atoms with E-state index in [0.717, 1.165) is 5.56 Å². The molecule has 84 heavy (non-hydrogen) atoms. The van der Waals surface area contributed by atoms with E-state index in [1.807, 2.05) is 36.4 Å². The van der Waals surface area contributed by atoms with E-state index in [4.69, 9.17) is 56.8 Å². The summed E-state index contributed by atoms with van der Waals surface area (Å²) in [7, 11) is 13.4. The molecule has 0 aromatic heterocycles. The lowest BCUT2D eigenvalue weighted by Crippen LogP contribution is -2.52. The van der Waals surface area contributed by atoms with Crippen LogP contribution in [0.5, 0.6) is 46.0 Å². The second-order valence-electron chi connectivity index (χ2n) is 21.2. The highest BCUT2D eigenvalue weighted by atomic mass is 16.8. The fourth-order valence-corrected chi connectivity index (χ4v) is 13.2. The van der Waals surface area contributed by atoms with E-state index in [1.165, 1.54) is 59.7 Å². The highest BCUT2D eigenvalue weighted by molar-refractivity contribution is 5.83. The average Bonchev–Trinajstić information content (AvgIpc) is 2.27. The summed E-state index contributed by atoms with van der Waals surface area (Å²) in [5.74, 6) is -2.48. The van der Waals surface area contributed by atoms with Crippen molar-refractivity contribution >= 4 is 11.9 Å². The Morgan fingerprint density at radius 3 is 1.48 bits per heavy atom.